The zero-order valence-corrected chi connectivity index (χ0v) is 10.0. The molecule has 0 aromatic carbocycles. The van der Waals surface area contributed by atoms with Crippen molar-refractivity contribution in [2.75, 3.05) is 0 Å². The molecule has 0 N–H and O–H groups in total. The first-order chi connectivity index (χ1) is 7.92. The molecule has 2 heterocycles. The fourth-order valence-electron chi connectivity index (χ4n) is 2.52. The summed E-state index contributed by atoms with van der Waals surface area (Å²) in [5.41, 5.74) is 2.97. The largest absolute Gasteiger partial charge is 0.264 e. The minimum absolute atomic E-state index is 0.815. The van der Waals surface area contributed by atoms with E-state index in [1.54, 1.807) is 10.4 Å². The summed E-state index contributed by atoms with van der Waals surface area (Å²) >= 11 is 1.92. The van der Waals surface area contributed by atoms with Gasteiger partial charge in [-0.05, 0) is 60.2 Å². The number of pyridine rings is 1. The Labute approximate surface area is 100 Å². The van der Waals surface area contributed by atoms with E-state index in [-0.39, 0.29) is 0 Å². The van der Waals surface area contributed by atoms with Gasteiger partial charge in [0.05, 0.1) is 0 Å². The average Bonchev–Trinajstić information content (AvgIpc) is 2.77. The molecule has 2 aromatic rings. The Hall–Kier alpha value is -1.15. The van der Waals surface area contributed by atoms with Gasteiger partial charge in [-0.25, -0.2) is 0 Å². The van der Waals surface area contributed by atoms with Crippen LogP contribution in [0.2, 0.25) is 0 Å². The quantitative estimate of drug-likeness (QED) is 0.768. The number of thiophene rings is 1. The molecule has 82 valence electrons. The van der Waals surface area contributed by atoms with E-state index in [9.17, 15) is 0 Å². The Kier molecular flexibility index (Phi) is 2.75. The van der Waals surface area contributed by atoms with Gasteiger partial charge in [0.2, 0.25) is 0 Å². The zero-order valence-electron chi connectivity index (χ0n) is 9.23. The average molecular weight is 229 g/mol. The van der Waals surface area contributed by atoms with Gasteiger partial charge in [-0.1, -0.05) is 6.07 Å². The summed E-state index contributed by atoms with van der Waals surface area (Å²) in [5.74, 6) is 0.815. The van der Waals surface area contributed by atoms with E-state index in [2.05, 4.69) is 22.5 Å². The van der Waals surface area contributed by atoms with Crippen molar-refractivity contribution >= 4 is 11.3 Å². The summed E-state index contributed by atoms with van der Waals surface area (Å²) in [5, 5.41) is 2.23. The van der Waals surface area contributed by atoms with Gasteiger partial charge < -0.3 is 0 Å². The Morgan fingerprint density at radius 1 is 1.38 bits per heavy atom. The van der Waals surface area contributed by atoms with Gasteiger partial charge in [-0.15, -0.1) is 11.3 Å². The van der Waals surface area contributed by atoms with Crippen LogP contribution in [0.4, 0.5) is 0 Å². The lowest BCUT2D eigenvalue weighted by Crippen LogP contribution is -2.14. The molecular formula is C14H15NS. The summed E-state index contributed by atoms with van der Waals surface area (Å²) in [6.07, 6.45) is 8.90. The molecular weight excluding hydrogens is 214 g/mol. The predicted molar refractivity (Wildman–Crippen MR) is 67.8 cm³/mol. The summed E-state index contributed by atoms with van der Waals surface area (Å²) in [6, 6.07) is 6.52. The van der Waals surface area contributed by atoms with Gasteiger partial charge in [-0.3, -0.25) is 4.98 Å². The maximum absolute atomic E-state index is 4.19. The molecule has 3 rings (SSSR count). The van der Waals surface area contributed by atoms with Crippen molar-refractivity contribution in [3.8, 4) is 0 Å². The summed E-state index contributed by atoms with van der Waals surface area (Å²) in [4.78, 5) is 5.80. The minimum Gasteiger partial charge on any atom is -0.264 e. The molecule has 0 radical (unpaired) electrons. The van der Waals surface area contributed by atoms with Crippen LogP contribution in [0.5, 0.6) is 0 Å². The van der Waals surface area contributed by atoms with Crippen LogP contribution in [-0.2, 0) is 19.3 Å². The molecule has 1 nitrogen and oxygen atoms in total. The first-order valence-electron chi connectivity index (χ1n) is 5.86. The number of hydrogen-bond acceptors (Lipinski definition) is 2. The van der Waals surface area contributed by atoms with E-state index in [1.807, 2.05) is 29.8 Å². The monoisotopic (exact) mass is 229 g/mol. The third-order valence-electron chi connectivity index (χ3n) is 3.38. The SMILES string of the molecule is c1cncc(CC2CCc3ccsc3C2)c1. The Morgan fingerprint density at radius 2 is 2.38 bits per heavy atom. The molecule has 2 aromatic heterocycles. The smallest absolute Gasteiger partial charge is 0.0299 e. The summed E-state index contributed by atoms with van der Waals surface area (Å²) < 4.78 is 0. The number of fused-ring (bicyclic) bond motifs is 1. The molecule has 1 aliphatic rings. The number of nitrogens with zero attached hydrogens (tertiary/aromatic N) is 1. The highest BCUT2D eigenvalue weighted by atomic mass is 32.1. The zero-order chi connectivity index (χ0) is 10.8. The first-order valence-corrected chi connectivity index (χ1v) is 6.74. The second kappa shape index (κ2) is 4.38. The molecule has 2 heteroatoms. The van der Waals surface area contributed by atoms with Crippen LogP contribution in [0, 0.1) is 5.92 Å². The molecule has 0 bridgehead atoms. The van der Waals surface area contributed by atoms with Gasteiger partial charge in [0.25, 0.3) is 0 Å². The molecule has 0 amide bonds. The highest BCUT2D eigenvalue weighted by Crippen LogP contribution is 2.31. The summed E-state index contributed by atoms with van der Waals surface area (Å²) in [7, 11) is 0. The molecule has 1 aliphatic carbocycles. The topological polar surface area (TPSA) is 12.9 Å². The fraction of sp³-hybridized carbons (Fsp3) is 0.357. The number of rotatable bonds is 2. The maximum atomic E-state index is 4.19. The lowest BCUT2D eigenvalue weighted by Gasteiger charge is -2.21. The molecule has 1 unspecified atom stereocenters. The Bertz CT molecular complexity index is 461. The van der Waals surface area contributed by atoms with Gasteiger partial charge in [0.1, 0.15) is 0 Å². The predicted octanol–water partition coefficient (Wildman–Crippen LogP) is 3.49. The highest BCUT2D eigenvalue weighted by Gasteiger charge is 2.19. The third kappa shape index (κ3) is 2.03. The van der Waals surface area contributed by atoms with Gasteiger partial charge in [0, 0.05) is 17.3 Å². The molecule has 0 fully saturated rings. The lowest BCUT2D eigenvalue weighted by molar-refractivity contribution is 0.461. The second-order valence-corrected chi connectivity index (χ2v) is 5.54. The number of aromatic nitrogens is 1. The highest BCUT2D eigenvalue weighted by molar-refractivity contribution is 7.10. The minimum atomic E-state index is 0.815. The van der Waals surface area contributed by atoms with Crippen molar-refractivity contribution < 1.29 is 0 Å². The van der Waals surface area contributed by atoms with Crippen LogP contribution in [-0.4, -0.2) is 4.98 Å². The van der Waals surface area contributed by atoms with E-state index >= 15 is 0 Å². The van der Waals surface area contributed by atoms with E-state index < -0.39 is 0 Å². The van der Waals surface area contributed by atoms with Gasteiger partial charge in [0.15, 0.2) is 0 Å². The van der Waals surface area contributed by atoms with Crippen molar-refractivity contribution in [1.29, 1.82) is 0 Å². The van der Waals surface area contributed by atoms with Gasteiger partial charge in [-0.2, -0.15) is 0 Å². The lowest BCUT2D eigenvalue weighted by atomic mass is 9.85. The fourth-order valence-corrected chi connectivity index (χ4v) is 3.57. The molecule has 0 spiro atoms. The third-order valence-corrected chi connectivity index (χ3v) is 4.37. The van der Waals surface area contributed by atoms with E-state index in [1.165, 1.54) is 31.2 Å². The molecule has 0 saturated carbocycles. The van der Waals surface area contributed by atoms with Crippen LogP contribution in [0.15, 0.2) is 36.0 Å². The van der Waals surface area contributed by atoms with Crippen molar-refractivity contribution in [3.63, 3.8) is 0 Å². The molecule has 0 saturated heterocycles. The molecule has 16 heavy (non-hydrogen) atoms. The number of aryl methyl sites for hydroxylation is 1. The van der Waals surface area contributed by atoms with E-state index in [4.69, 9.17) is 0 Å². The van der Waals surface area contributed by atoms with Crippen LogP contribution >= 0.6 is 11.3 Å². The Balaban J connectivity index is 1.71. The normalized spacial score (nSPS) is 19.4. The van der Waals surface area contributed by atoms with Crippen LogP contribution in [0.25, 0.3) is 0 Å². The van der Waals surface area contributed by atoms with Gasteiger partial charge >= 0.3 is 0 Å². The van der Waals surface area contributed by atoms with Crippen molar-refractivity contribution in [2.45, 2.75) is 25.7 Å². The van der Waals surface area contributed by atoms with E-state index in [0.717, 1.165) is 5.92 Å². The standard InChI is InChI=1S/C14H15NS/c1-2-12(10-15-6-1)8-11-3-4-13-5-7-16-14(13)9-11/h1-2,5-7,10-11H,3-4,8-9H2. The molecule has 0 aliphatic heterocycles. The number of hydrogen-bond donors (Lipinski definition) is 0. The van der Waals surface area contributed by atoms with Crippen molar-refractivity contribution in [2.24, 2.45) is 5.92 Å². The first kappa shape index (κ1) is 10.0. The maximum Gasteiger partial charge on any atom is 0.0299 e. The van der Waals surface area contributed by atoms with Crippen molar-refractivity contribution in [3.05, 3.63) is 52.0 Å². The van der Waals surface area contributed by atoms with E-state index in [0.29, 0.717) is 0 Å². The summed E-state index contributed by atoms with van der Waals surface area (Å²) in [6.45, 7) is 0. The molecule has 1 atom stereocenters. The van der Waals surface area contributed by atoms with Crippen LogP contribution in [0.1, 0.15) is 22.4 Å². The van der Waals surface area contributed by atoms with Crippen LogP contribution in [0.3, 0.4) is 0 Å². The second-order valence-electron chi connectivity index (χ2n) is 4.54. The van der Waals surface area contributed by atoms with Crippen LogP contribution < -0.4 is 0 Å². The van der Waals surface area contributed by atoms with Crippen molar-refractivity contribution in [1.82, 2.24) is 4.98 Å². The Morgan fingerprint density at radius 3 is 3.25 bits per heavy atom.